The van der Waals surface area contributed by atoms with Crippen molar-refractivity contribution in [3.63, 3.8) is 0 Å². The standard InChI is InChI=1S/C24H25FN4O2S/c1-14-10-20-17(12-22(30)31-21(20)11-15(14)2)13-32-24-27-26-23(16(3)28(4)5)29(24)19-8-6-18(25)7-9-19/h6-12,16H,13H2,1-5H3/t16-/m1/s1. The fourth-order valence-corrected chi connectivity index (χ4v) is 4.40. The largest absolute Gasteiger partial charge is 0.423 e. The van der Waals surface area contributed by atoms with Crippen molar-refractivity contribution < 1.29 is 8.81 Å². The van der Waals surface area contributed by atoms with Crippen molar-refractivity contribution in [2.75, 3.05) is 14.1 Å². The van der Waals surface area contributed by atoms with Crippen LogP contribution in [0.3, 0.4) is 0 Å². The number of aromatic nitrogens is 3. The first kappa shape index (κ1) is 22.2. The maximum atomic E-state index is 13.5. The summed E-state index contributed by atoms with van der Waals surface area (Å²) in [6.45, 7) is 6.07. The molecule has 4 aromatic rings. The van der Waals surface area contributed by atoms with Crippen molar-refractivity contribution in [1.29, 1.82) is 0 Å². The van der Waals surface area contributed by atoms with Crippen LogP contribution in [0.1, 0.15) is 35.5 Å². The van der Waals surface area contributed by atoms with E-state index in [1.165, 1.54) is 30.0 Å². The molecule has 0 saturated heterocycles. The molecule has 0 amide bonds. The first-order valence-electron chi connectivity index (χ1n) is 10.3. The Morgan fingerprint density at radius 1 is 1.09 bits per heavy atom. The number of rotatable bonds is 6. The number of fused-ring (bicyclic) bond motifs is 1. The zero-order chi connectivity index (χ0) is 23.0. The summed E-state index contributed by atoms with van der Waals surface area (Å²) in [5.74, 6) is 0.972. The fraction of sp³-hybridized carbons (Fsp3) is 0.292. The minimum absolute atomic E-state index is 0.00266. The number of hydrogen-bond acceptors (Lipinski definition) is 6. The van der Waals surface area contributed by atoms with Crippen LogP contribution in [0.15, 0.2) is 56.8 Å². The van der Waals surface area contributed by atoms with Gasteiger partial charge in [0, 0.05) is 22.9 Å². The van der Waals surface area contributed by atoms with E-state index in [1.807, 2.05) is 56.5 Å². The number of aryl methyl sites for hydroxylation is 2. The van der Waals surface area contributed by atoms with E-state index in [9.17, 15) is 9.18 Å². The molecule has 0 aliphatic rings. The smallest absolute Gasteiger partial charge is 0.336 e. The maximum Gasteiger partial charge on any atom is 0.336 e. The summed E-state index contributed by atoms with van der Waals surface area (Å²) in [4.78, 5) is 14.2. The lowest BCUT2D eigenvalue weighted by molar-refractivity contribution is 0.305. The van der Waals surface area contributed by atoms with Crippen LogP contribution in [0.5, 0.6) is 0 Å². The van der Waals surface area contributed by atoms with Crippen LogP contribution in [-0.4, -0.2) is 33.8 Å². The molecule has 4 rings (SSSR count). The van der Waals surface area contributed by atoms with Crippen LogP contribution in [0, 0.1) is 19.7 Å². The molecule has 0 aliphatic carbocycles. The highest BCUT2D eigenvalue weighted by Crippen LogP contribution is 2.31. The van der Waals surface area contributed by atoms with Crippen molar-refractivity contribution in [3.8, 4) is 5.69 Å². The molecule has 1 atom stereocenters. The predicted molar refractivity (Wildman–Crippen MR) is 125 cm³/mol. The molecular formula is C24H25FN4O2S. The molecule has 6 nitrogen and oxygen atoms in total. The molecule has 0 unspecified atom stereocenters. The van der Waals surface area contributed by atoms with Crippen LogP contribution >= 0.6 is 11.8 Å². The Morgan fingerprint density at radius 2 is 1.78 bits per heavy atom. The third-order valence-electron chi connectivity index (χ3n) is 5.69. The van der Waals surface area contributed by atoms with E-state index in [2.05, 4.69) is 10.2 Å². The lowest BCUT2D eigenvalue weighted by Gasteiger charge is -2.20. The van der Waals surface area contributed by atoms with Gasteiger partial charge in [0.25, 0.3) is 0 Å². The van der Waals surface area contributed by atoms with E-state index >= 15 is 0 Å². The lowest BCUT2D eigenvalue weighted by Crippen LogP contribution is -2.20. The van der Waals surface area contributed by atoms with Crippen molar-refractivity contribution in [3.05, 3.63) is 81.2 Å². The SMILES string of the molecule is Cc1cc2oc(=O)cc(CSc3nnc([C@@H](C)N(C)C)n3-c3ccc(F)cc3)c2cc1C. The molecule has 0 saturated carbocycles. The molecule has 166 valence electrons. The van der Waals surface area contributed by atoms with E-state index in [1.54, 1.807) is 12.1 Å². The number of halogens is 1. The van der Waals surface area contributed by atoms with Gasteiger partial charge in [-0.1, -0.05) is 11.8 Å². The number of nitrogens with zero attached hydrogens (tertiary/aromatic N) is 4. The summed E-state index contributed by atoms with van der Waals surface area (Å²) in [6, 6.07) is 11.8. The average Bonchev–Trinajstić information content (AvgIpc) is 3.17. The molecular weight excluding hydrogens is 427 g/mol. The van der Waals surface area contributed by atoms with Gasteiger partial charge in [-0.2, -0.15) is 0 Å². The fourth-order valence-electron chi connectivity index (χ4n) is 3.45. The maximum absolute atomic E-state index is 13.5. The number of thioether (sulfide) groups is 1. The molecule has 0 spiro atoms. The Labute approximate surface area is 190 Å². The Kier molecular flexibility index (Phi) is 6.17. The molecule has 0 aliphatic heterocycles. The van der Waals surface area contributed by atoms with E-state index in [-0.39, 0.29) is 17.5 Å². The van der Waals surface area contributed by atoms with Gasteiger partial charge in [-0.3, -0.25) is 9.47 Å². The van der Waals surface area contributed by atoms with Crippen LogP contribution < -0.4 is 5.63 Å². The van der Waals surface area contributed by atoms with Crippen LogP contribution in [-0.2, 0) is 5.75 Å². The molecule has 0 fully saturated rings. The third kappa shape index (κ3) is 4.33. The molecule has 2 heterocycles. The summed E-state index contributed by atoms with van der Waals surface area (Å²) in [5.41, 5.74) is 4.07. The molecule has 0 radical (unpaired) electrons. The van der Waals surface area contributed by atoms with Gasteiger partial charge in [0.2, 0.25) is 0 Å². The summed E-state index contributed by atoms with van der Waals surface area (Å²) >= 11 is 1.48. The van der Waals surface area contributed by atoms with Gasteiger partial charge in [0.05, 0.1) is 6.04 Å². The minimum Gasteiger partial charge on any atom is -0.423 e. The van der Waals surface area contributed by atoms with Crippen LogP contribution in [0.4, 0.5) is 4.39 Å². The third-order valence-corrected chi connectivity index (χ3v) is 6.67. The Bertz CT molecular complexity index is 1330. The van der Waals surface area contributed by atoms with Crippen molar-refractivity contribution in [2.45, 2.75) is 37.7 Å². The van der Waals surface area contributed by atoms with Crippen molar-refractivity contribution in [1.82, 2.24) is 19.7 Å². The Hall–Kier alpha value is -2.97. The highest BCUT2D eigenvalue weighted by molar-refractivity contribution is 7.98. The van der Waals surface area contributed by atoms with E-state index in [0.29, 0.717) is 16.5 Å². The predicted octanol–water partition coefficient (Wildman–Crippen LogP) is 5.04. The topological polar surface area (TPSA) is 64.2 Å². The summed E-state index contributed by atoms with van der Waals surface area (Å²) in [7, 11) is 3.95. The van der Waals surface area contributed by atoms with Crippen LogP contribution in [0.25, 0.3) is 16.7 Å². The lowest BCUT2D eigenvalue weighted by atomic mass is 10.0. The van der Waals surface area contributed by atoms with Gasteiger partial charge in [-0.25, -0.2) is 9.18 Å². The monoisotopic (exact) mass is 452 g/mol. The second-order valence-electron chi connectivity index (χ2n) is 8.10. The van der Waals surface area contributed by atoms with E-state index in [4.69, 9.17) is 4.42 Å². The van der Waals surface area contributed by atoms with E-state index in [0.717, 1.165) is 33.6 Å². The second-order valence-corrected chi connectivity index (χ2v) is 9.05. The minimum atomic E-state index is -0.377. The molecule has 32 heavy (non-hydrogen) atoms. The first-order valence-corrected chi connectivity index (χ1v) is 11.3. The molecule has 2 aromatic carbocycles. The molecule has 2 aromatic heterocycles. The van der Waals surface area contributed by atoms with Crippen molar-refractivity contribution >= 4 is 22.7 Å². The van der Waals surface area contributed by atoms with Gasteiger partial charge >= 0.3 is 5.63 Å². The average molecular weight is 453 g/mol. The van der Waals surface area contributed by atoms with Gasteiger partial charge in [-0.05, 0) is 88.0 Å². The number of hydrogen-bond donors (Lipinski definition) is 0. The highest BCUT2D eigenvalue weighted by Gasteiger charge is 2.21. The summed E-state index contributed by atoms with van der Waals surface area (Å²) in [6.07, 6.45) is 0. The van der Waals surface area contributed by atoms with Gasteiger partial charge < -0.3 is 4.42 Å². The van der Waals surface area contributed by atoms with Gasteiger partial charge in [0.15, 0.2) is 11.0 Å². The zero-order valence-electron chi connectivity index (χ0n) is 18.7. The van der Waals surface area contributed by atoms with Gasteiger partial charge in [-0.15, -0.1) is 10.2 Å². The summed E-state index contributed by atoms with van der Waals surface area (Å²) in [5, 5.41) is 10.4. The summed E-state index contributed by atoms with van der Waals surface area (Å²) < 4.78 is 20.9. The zero-order valence-corrected chi connectivity index (χ0v) is 19.5. The quantitative estimate of drug-likeness (QED) is 0.302. The molecule has 0 N–H and O–H groups in total. The molecule has 8 heteroatoms. The molecule has 0 bridgehead atoms. The second kappa shape index (κ2) is 8.88. The Balaban J connectivity index is 1.75. The first-order chi connectivity index (χ1) is 15.2. The normalized spacial score (nSPS) is 12.6. The van der Waals surface area contributed by atoms with E-state index < -0.39 is 0 Å². The highest BCUT2D eigenvalue weighted by atomic mass is 32.2. The van der Waals surface area contributed by atoms with Crippen molar-refractivity contribution in [2.24, 2.45) is 0 Å². The van der Waals surface area contributed by atoms with Crippen LogP contribution in [0.2, 0.25) is 0 Å². The van der Waals surface area contributed by atoms with Gasteiger partial charge in [0.1, 0.15) is 11.4 Å². The Morgan fingerprint density at radius 3 is 2.47 bits per heavy atom. The number of benzene rings is 2.